The van der Waals surface area contributed by atoms with Gasteiger partial charge in [0.1, 0.15) is 0 Å². The van der Waals surface area contributed by atoms with Crippen LogP contribution in [0.25, 0.3) is 0 Å². The van der Waals surface area contributed by atoms with E-state index >= 15 is 0 Å². The van der Waals surface area contributed by atoms with Gasteiger partial charge in [0.15, 0.2) is 21.5 Å². The molecule has 0 saturated heterocycles. The minimum atomic E-state index is -3.47. The molecule has 0 aliphatic carbocycles. The summed E-state index contributed by atoms with van der Waals surface area (Å²) >= 11 is 0. The van der Waals surface area contributed by atoms with Crippen LogP contribution < -0.4 is 16.8 Å². The zero-order valence-corrected chi connectivity index (χ0v) is 13.1. The van der Waals surface area contributed by atoms with Gasteiger partial charge in [-0.3, -0.25) is 5.73 Å². The van der Waals surface area contributed by atoms with Crippen LogP contribution in [0.4, 0.5) is 0 Å². The van der Waals surface area contributed by atoms with Crippen molar-refractivity contribution in [3.05, 3.63) is 41.6 Å². The molecule has 0 amide bonds. The van der Waals surface area contributed by atoms with Crippen LogP contribution in [0.5, 0.6) is 0 Å². The average Bonchev–Trinajstić information content (AvgIpc) is 2.43. The molecule has 0 spiro atoms. The van der Waals surface area contributed by atoms with Crippen molar-refractivity contribution in [3.63, 3.8) is 0 Å². The molecule has 1 atom stereocenters. The van der Waals surface area contributed by atoms with E-state index in [4.69, 9.17) is 11.5 Å². The summed E-state index contributed by atoms with van der Waals surface area (Å²) in [5.41, 5.74) is 11.9. The molecule has 0 radical (unpaired) electrons. The highest BCUT2D eigenvalue weighted by molar-refractivity contribution is 7.92. The molecule has 0 saturated carbocycles. The largest absolute Gasteiger partial charge is 0.370 e. The number of nitrogens with zero attached hydrogens (tertiary/aromatic N) is 1. The summed E-state index contributed by atoms with van der Waals surface area (Å²) in [7, 11) is -3.47. The molecule has 2 rings (SSSR count). The molecule has 1 heterocycles. The summed E-state index contributed by atoms with van der Waals surface area (Å²) < 4.78 is 25.1. The molecule has 0 bridgehead atoms. The molecule has 6 nitrogen and oxygen atoms in total. The van der Waals surface area contributed by atoms with Crippen LogP contribution in [0.3, 0.4) is 0 Å². The van der Waals surface area contributed by atoms with Gasteiger partial charge in [0.2, 0.25) is 0 Å². The Kier molecular flexibility index (Phi) is 3.81. The van der Waals surface area contributed by atoms with Gasteiger partial charge in [-0.15, -0.1) is 0 Å². The van der Waals surface area contributed by atoms with Crippen LogP contribution in [0.15, 0.2) is 45.9 Å². The smallest absolute Gasteiger partial charge is 0.195 e. The number of aliphatic imine (C=N–C) groups is 1. The molecule has 1 aliphatic heterocycles. The van der Waals surface area contributed by atoms with E-state index in [0.29, 0.717) is 11.1 Å². The SMILES string of the molecule is CC1=CNC(N)=NC1(N)c1ccccc1S(=O)(=O)C(C)C. The molecule has 1 aliphatic rings. The average molecular weight is 308 g/mol. The number of nitrogens with two attached hydrogens (primary N) is 2. The number of nitrogens with one attached hydrogen (secondary N) is 1. The fourth-order valence-corrected chi connectivity index (χ4v) is 3.47. The Hall–Kier alpha value is -1.86. The number of hydrogen-bond donors (Lipinski definition) is 3. The third kappa shape index (κ3) is 2.54. The van der Waals surface area contributed by atoms with Crippen LogP contribution in [0.1, 0.15) is 26.3 Å². The van der Waals surface area contributed by atoms with Gasteiger partial charge in [0, 0.05) is 11.8 Å². The Morgan fingerprint density at radius 2 is 1.90 bits per heavy atom. The Labute approximate surface area is 124 Å². The molecule has 0 aromatic heterocycles. The summed E-state index contributed by atoms with van der Waals surface area (Å²) in [6.07, 6.45) is 1.64. The maximum atomic E-state index is 12.6. The lowest BCUT2D eigenvalue weighted by molar-refractivity contribution is 0.523. The molecule has 1 aromatic carbocycles. The van der Waals surface area contributed by atoms with Crippen molar-refractivity contribution in [2.45, 2.75) is 36.6 Å². The van der Waals surface area contributed by atoms with Gasteiger partial charge in [-0.25, -0.2) is 13.4 Å². The minimum absolute atomic E-state index is 0.153. The van der Waals surface area contributed by atoms with Crippen molar-refractivity contribution < 1.29 is 8.42 Å². The highest BCUT2D eigenvalue weighted by Gasteiger charge is 2.37. The second kappa shape index (κ2) is 5.16. The molecular weight excluding hydrogens is 288 g/mol. The van der Waals surface area contributed by atoms with E-state index in [2.05, 4.69) is 10.3 Å². The van der Waals surface area contributed by atoms with Crippen LogP contribution >= 0.6 is 0 Å². The summed E-state index contributed by atoms with van der Waals surface area (Å²) in [5.74, 6) is 0.153. The highest BCUT2D eigenvalue weighted by atomic mass is 32.2. The summed E-state index contributed by atoms with van der Waals surface area (Å²) in [6.45, 7) is 5.05. The van der Waals surface area contributed by atoms with Crippen molar-refractivity contribution in [1.82, 2.24) is 5.32 Å². The van der Waals surface area contributed by atoms with E-state index < -0.39 is 20.8 Å². The molecule has 0 fully saturated rings. The fraction of sp³-hybridized carbons (Fsp3) is 0.357. The lowest BCUT2D eigenvalue weighted by Crippen LogP contribution is -2.46. The Balaban J connectivity index is 2.72. The predicted molar refractivity (Wildman–Crippen MR) is 83.1 cm³/mol. The van der Waals surface area contributed by atoms with Gasteiger partial charge in [-0.05, 0) is 32.4 Å². The summed E-state index contributed by atoms with van der Waals surface area (Å²) in [6, 6.07) is 6.65. The fourth-order valence-electron chi connectivity index (χ4n) is 2.16. The molecular formula is C14H20N4O2S. The first kappa shape index (κ1) is 15.5. The van der Waals surface area contributed by atoms with E-state index in [9.17, 15) is 8.42 Å². The van der Waals surface area contributed by atoms with Gasteiger partial charge in [0.25, 0.3) is 0 Å². The van der Waals surface area contributed by atoms with Crippen molar-refractivity contribution in [1.29, 1.82) is 0 Å². The molecule has 7 heteroatoms. The lowest BCUT2D eigenvalue weighted by Gasteiger charge is -2.32. The Bertz CT molecular complexity index is 722. The van der Waals surface area contributed by atoms with Crippen molar-refractivity contribution in [2.75, 3.05) is 0 Å². The topological polar surface area (TPSA) is 111 Å². The Morgan fingerprint density at radius 3 is 2.52 bits per heavy atom. The quantitative estimate of drug-likeness (QED) is 0.765. The van der Waals surface area contributed by atoms with E-state index in [0.717, 1.165) is 0 Å². The van der Waals surface area contributed by atoms with Crippen LogP contribution in [-0.2, 0) is 15.5 Å². The number of guanidine groups is 1. The van der Waals surface area contributed by atoms with Gasteiger partial charge in [-0.2, -0.15) is 0 Å². The van der Waals surface area contributed by atoms with Crippen molar-refractivity contribution >= 4 is 15.8 Å². The van der Waals surface area contributed by atoms with Crippen LogP contribution in [-0.4, -0.2) is 19.6 Å². The third-order valence-corrected chi connectivity index (χ3v) is 5.77. The summed E-state index contributed by atoms with van der Waals surface area (Å²) in [4.78, 5) is 4.42. The lowest BCUT2D eigenvalue weighted by atomic mass is 9.93. The van der Waals surface area contributed by atoms with E-state index in [1.807, 2.05) is 0 Å². The molecule has 5 N–H and O–H groups in total. The normalized spacial score (nSPS) is 22.5. The van der Waals surface area contributed by atoms with E-state index in [1.54, 1.807) is 51.2 Å². The second-order valence-electron chi connectivity index (χ2n) is 5.33. The number of rotatable bonds is 3. The van der Waals surface area contributed by atoms with Gasteiger partial charge in [0.05, 0.1) is 10.1 Å². The third-order valence-electron chi connectivity index (χ3n) is 3.56. The maximum Gasteiger partial charge on any atom is 0.195 e. The summed E-state index contributed by atoms with van der Waals surface area (Å²) in [5, 5.41) is 2.23. The predicted octanol–water partition coefficient (Wildman–Crippen LogP) is 0.802. The molecule has 1 unspecified atom stereocenters. The standard InChI is InChI=1S/C14H20N4O2S/c1-9(2)21(19,20)12-7-5-4-6-11(12)14(16)10(3)8-17-13(15)18-14/h4-9H,16H2,1-3H3,(H3,15,17,18). The molecule has 1 aromatic rings. The van der Waals surface area contributed by atoms with Crippen molar-refractivity contribution in [2.24, 2.45) is 16.5 Å². The van der Waals surface area contributed by atoms with Gasteiger partial charge in [-0.1, -0.05) is 18.2 Å². The van der Waals surface area contributed by atoms with Crippen molar-refractivity contribution in [3.8, 4) is 0 Å². The molecule has 21 heavy (non-hydrogen) atoms. The van der Waals surface area contributed by atoms with Crippen LogP contribution in [0.2, 0.25) is 0 Å². The number of sulfone groups is 1. The van der Waals surface area contributed by atoms with Crippen LogP contribution in [0, 0.1) is 0 Å². The van der Waals surface area contributed by atoms with Gasteiger partial charge < -0.3 is 11.1 Å². The van der Waals surface area contributed by atoms with E-state index in [1.165, 1.54) is 0 Å². The zero-order valence-electron chi connectivity index (χ0n) is 12.3. The molecule has 114 valence electrons. The zero-order chi connectivity index (χ0) is 15.8. The number of hydrogen-bond acceptors (Lipinski definition) is 6. The van der Waals surface area contributed by atoms with Gasteiger partial charge >= 0.3 is 0 Å². The first-order valence-electron chi connectivity index (χ1n) is 6.61. The Morgan fingerprint density at radius 1 is 1.29 bits per heavy atom. The minimum Gasteiger partial charge on any atom is -0.370 e. The maximum absolute atomic E-state index is 12.6. The second-order valence-corrected chi connectivity index (χ2v) is 7.80. The number of benzene rings is 1. The highest BCUT2D eigenvalue weighted by Crippen LogP contribution is 2.35. The first-order chi connectivity index (χ1) is 9.69. The first-order valence-corrected chi connectivity index (χ1v) is 8.15. The van der Waals surface area contributed by atoms with E-state index in [-0.39, 0.29) is 10.9 Å². The monoisotopic (exact) mass is 308 g/mol.